The minimum Gasteiger partial charge on any atom is -0.491 e. The summed E-state index contributed by atoms with van der Waals surface area (Å²) in [6.45, 7) is 9.29. The monoisotopic (exact) mass is 504 g/mol. The van der Waals surface area contributed by atoms with Gasteiger partial charge in [0.05, 0.1) is 30.9 Å². The minimum absolute atomic E-state index is 0. The summed E-state index contributed by atoms with van der Waals surface area (Å²) in [6, 6.07) is 6.19. The van der Waals surface area contributed by atoms with Crippen molar-refractivity contribution in [3.05, 3.63) is 45.4 Å². The Balaban J connectivity index is 0.00000364. The number of aromatic nitrogens is 1. The summed E-state index contributed by atoms with van der Waals surface area (Å²) >= 11 is 1.65. The highest BCUT2D eigenvalue weighted by atomic mass is 127. The van der Waals surface area contributed by atoms with Gasteiger partial charge < -0.3 is 20.1 Å². The van der Waals surface area contributed by atoms with Crippen molar-refractivity contribution in [3.8, 4) is 5.75 Å². The molecule has 0 bridgehead atoms. The highest BCUT2D eigenvalue weighted by molar-refractivity contribution is 14.0. The molecule has 0 fully saturated rings. The van der Waals surface area contributed by atoms with Crippen LogP contribution in [0.15, 0.2) is 28.7 Å². The molecule has 2 aromatic rings. The summed E-state index contributed by atoms with van der Waals surface area (Å²) < 4.78 is 10.9. The molecule has 1 heterocycles. The van der Waals surface area contributed by atoms with Gasteiger partial charge in [-0.2, -0.15) is 0 Å². The average molecular weight is 504 g/mol. The van der Waals surface area contributed by atoms with E-state index in [4.69, 9.17) is 14.5 Å². The molecule has 150 valence electrons. The summed E-state index contributed by atoms with van der Waals surface area (Å²) in [5.41, 5.74) is 5.14. The van der Waals surface area contributed by atoms with E-state index < -0.39 is 0 Å². The van der Waals surface area contributed by atoms with E-state index in [0.29, 0.717) is 26.3 Å². The Morgan fingerprint density at radius 2 is 2.04 bits per heavy atom. The van der Waals surface area contributed by atoms with Crippen LogP contribution in [-0.4, -0.2) is 37.8 Å². The van der Waals surface area contributed by atoms with Crippen LogP contribution in [-0.2, 0) is 17.8 Å². The van der Waals surface area contributed by atoms with Crippen molar-refractivity contribution in [1.82, 2.24) is 15.6 Å². The second kappa shape index (κ2) is 12.9. The minimum atomic E-state index is 0. The Morgan fingerprint density at radius 3 is 2.70 bits per heavy atom. The van der Waals surface area contributed by atoms with E-state index >= 15 is 0 Å². The summed E-state index contributed by atoms with van der Waals surface area (Å²) in [5.74, 6) is 1.64. The molecular formula is C19H29IN4O2S. The van der Waals surface area contributed by atoms with Crippen LogP contribution in [0.5, 0.6) is 5.75 Å². The average Bonchev–Trinajstić information content (AvgIpc) is 3.04. The summed E-state index contributed by atoms with van der Waals surface area (Å²) in [7, 11) is 1.67. The number of hydrogen-bond acceptors (Lipinski definition) is 5. The predicted molar refractivity (Wildman–Crippen MR) is 122 cm³/mol. The predicted octanol–water partition coefficient (Wildman–Crippen LogP) is 3.66. The standard InChI is InChI=1S/C19H28N4O2S.HI/c1-5-20-19(22-12-18-15(3)23-13-26-18)21-11-16-7-6-14(2)10-17(16)25-9-8-24-4;/h6-7,10,13H,5,8-9,11-12H2,1-4H3,(H2,20,21,22);1H. The van der Waals surface area contributed by atoms with Crippen molar-refractivity contribution in [2.75, 3.05) is 26.9 Å². The second-order valence-corrected chi connectivity index (χ2v) is 6.80. The Hall–Kier alpha value is -1.39. The number of benzene rings is 1. The van der Waals surface area contributed by atoms with Crippen LogP contribution >= 0.6 is 35.3 Å². The third-order valence-electron chi connectivity index (χ3n) is 3.78. The number of aliphatic imine (C=N–C) groups is 1. The van der Waals surface area contributed by atoms with Crippen LogP contribution in [0, 0.1) is 13.8 Å². The summed E-state index contributed by atoms with van der Waals surface area (Å²) in [5, 5.41) is 6.65. The first-order valence-corrected chi connectivity index (χ1v) is 9.64. The zero-order valence-electron chi connectivity index (χ0n) is 16.4. The molecule has 0 saturated heterocycles. The Labute approximate surface area is 182 Å². The Kier molecular flexibility index (Phi) is 11.3. The quantitative estimate of drug-likeness (QED) is 0.236. The molecule has 0 saturated carbocycles. The van der Waals surface area contributed by atoms with Crippen LogP contribution in [0.4, 0.5) is 0 Å². The number of rotatable bonds is 9. The zero-order valence-corrected chi connectivity index (χ0v) is 19.5. The van der Waals surface area contributed by atoms with Crippen LogP contribution in [0.2, 0.25) is 0 Å². The molecule has 0 spiro atoms. The fraction of sp³-hybridized carbons (Fsp3) is 0.474. The molecule has 0 aliphatic heterocycles. The van der Waals surface area contributed by atoms with Gasteiger partial charge in [0.25, 0.3) is 0 Å². The normalized spacial score (nSPS) is 11.0. The molecule has 0 unspecified atom stereocenters. The van der Waals surface area contributed by atoms with Crippen LogP contribution in [0.1, 0.15) is 28.6 Å². The number of guanidine groups is 1. The van der Waals surface area contributed by atoms with Gasteiger partial charge in [0, 0.05) is 24.1 Å². The number of methoxy groups -OCH3 is 1. The van der Waals surface area contributed by atoms with Crippen molar-refractivity contribution in [3.63, 3.8) is 0 Å². The maximum Gasteiger partial charge on any atom is 0.191 e. The molecule has 2 rings (SSSR count). The van der Waals surface area contributed by atoms with Crippen molar-refractivity contribution in [2.45, 2.75) is 33.9 Å². The highest BCUT2D eigenvalue weighted by Crippen LogP contribution is 2.21. The fourth-order valence-electron chi connectivity index (χ4n) is 2.33. The number of aryl methyl sites for hydroxylation is 2. The van der Waals surface area contributed by atoms with Gasteiger partial charge in [0.2, 0.25) is 0 Å². The zero-order chi connectivity index (χ0) is 18.8. The van der Waals surface area contributed by atoms with Gasteiger partial charge >= 0.3 is 0 Å². The van der Waals surface area contributed by atoms with E-state index in [2.05, 4.69) is 41.6 Å². The summed E-state index contributed by atoms with van der Waals surface area (Å²) in [4.78, 5) is 10.2. The van der Waals surface area contributed by atoms with Crippen molar-refractivity contribution >= 4 is 41.3 Å². The molecule has 0 aliphatic rings. The maximum atomic E-state index is 5.84. The first kappa shape index (κ1) is 23.6. The molecule has 27 heavy (non-hydrogen) atoms. The topological polar surface area (TPSA) is 67.8 Å². The second-order valence-electron chi connectivity index (χ2n) is 5.86. The number of halogens is 1. The number of ether oxygens (including phenoxy) is 2. The number of nitrogens with zero attached hydrogens (tertiary/aromatic N) is 2. The lowest BCUT2D eigenvalue weighted by Crippen LogP contribution is -2.36. The molecule has 0 atom stereocenters. The first-order valence-electron chi connectivity index (χ1n) is 8.76. The van der Waals surface area contributed by atoms with E-state index in [1.165, 1.54) is 4.88 Å². The maximum absolute atomic E-state index is 5.84. The van der Waals surface area contributed by atoms with E-state index in [9.17, 15) is 0 Å². The Bertz CT molecular complexity index is 721. The van der Waals surface area contributed by atoms with Crippen molar-refractivity contribution in [1.29, 1.82) is 0 Å². The van der Waals surface area contributed by atoms with E-state index in [1.54, 1.807) is 18.4 Å². The molecule has 0 radical (unpaired) electrons. The number of nitrogens with one attached hydrogen (secondary N) is 2. The van der Waals surface area contributed by atoms with Gasteiger partial charge in [0.1, 0.15) is 12.4 Å². The van der Waals surface area contributed by atoms with Gasteiger partial charge in [-0.25, -0.2) is 9.98 Å². The lowest BCUT2D eigenvalue weighted by Gasteiger charge is -2.13. The molecule has 8 heteroatoms. The molecule has 1 aromatic heterocycles. The largest absolute Gasteiger partial charge is 0.491 e. The Morgan fingerprint density at radius 1 is 1.22 bits per heavy atom. The molecule has 1 aromatic carbocycles. The SMILES string of the molecule is CCNC(=NCc1ccc(C)cc1OCCOC)NCc1scnc1C.I. The van der Waals surface area contributed by atoms with Crippen molar-refractivity contribution in [2.24, 2.45) is 4.99 Å². The highest BCUT2D eigenvalue weighted by Gasteiger charge is 2.06. The molecule has 6 nitrogen and oxygen atoms in total. The number of thiazole rings is 1. The van der Waals surface area contributed by atoms with Gasteiger partial charge in [-0.1, -0.05) is 12.1 Å². The lowest BCUT2D eigenvalue weighted by atomic mass is 10.1. The van der Waals surface area contributed by atoms with Crippen LogP contribution in [0.3, 0.4) is 0 Å². The first-order chi connectivity index (χ1) is 12.6. The molecular weight excluding hydrogens is 475 g/mol. The van der Waals surface area contributed by atoms with Gasteiger partial charge in [0.15, 0.2) is 5.96 Å². The molecule has 0 aliphatic carbocycles. The van der Waals surface area contributed by atoms with Crippen LogP contribution in [0.25, 0.3) is 0 Å². The van der Waals surface area contributed by atoms with E-state index in [-0.39, 0.29) is 24.0 Å². The lowest BCUT2D eigenvalue weighted by molar-refractivity contribution is 0.145. The van der Waals surface area contributed by atoms with E-state index in [1.807, 2.05) is 18.5 Å². The van der Waals surface area contributed by atoms with Gasteiger partial charge in [-0.15, -0.1) is 35.3 Å². The third-order valence-corrected chi connectivity index (χ3v) is 4.72. The third kappa shape index (κ3) is 8.02. The number of hydrogen-bond donors (Lipinski definition) is 2. The van der Waals surface area contributed by atoms with Gasteiger partial charge in [-0.3, -0.25) is 0 Å². The van der Waals surface area contributed by atoms with Crippen LogP contribution < -0.4 is 15.4 Å². The van der Waals surface area contributed by atoms with Gasteiger partial charge in [-0.05, 0) is 32.4 Å². The fourth-order valence-corrected chi connectivity index (χ4v) is 3.04. The van der Waals surface area contributed by atoms with Crippen molar-refractivity contribution < 1.29 is 9.47 Å². The summed E-state index contributed by atoms with van der Waals surface area (Å²) in [6.07, 6.45) is 0. The van der Waals surface area contributed by atoms with E-state index in [0.717, 1.165) is 35.1 Å². The smallest absolute Gasteiger partial charge is 0.191 e. The molecule has 0 amide bonds. The molecule has 2 N–H and O–H groups in total.